The topological polar surface area (TPSA) is 104 Å². The number of carbonyl (C=O) groups is 1. The molecular formula is C5H11NO5S. The van der Waals surface area contributed by atoms with Crippen molar-refractivity contribution in [2.75, 3.05) is 12.4 Å². The average molecular weight is 197 g/mol. The van der Waals surface area contributed by atoms with Gasteiger partial charge in [-0.2, -0.15) is 4.72 Å². The molecule has 0 radical (unpaired) electrons. The lowest BCUT2D eigenvalue weighted by atomic mass is 10.3. The van der Waals surface area contributed by atoms with Gasteiger partial charge in [0.25, 0.3) is 0 Å². The molecule has 0 aromatic heterocycles. The number of aliphatic hydroxyl groups is 1. The van der Waals surface area contributed by atoms with Gasteiger partial charge in [0, 0.05) is 0 Å². The number of hydrogen-bond donors (Lipinski definition) is 3. The van der Waals surface area contributed by atoms with E-state index in [0.29, 0.717) is 0 Å². The molecule has 1 atom stereocenters. The summed E-state index contributed by atoms with van der Waals surface area (Å²) in [5.41, 5.74) is 0. The normalized spacial score (nSPS) is 14.2. The van der Waals surface area contributed by atoms with Crippen molar-refractivity contribution >= 4 is 16.0 Å². The zero-order valence-corrected chi connectivity index (χ0v) is 7.34. The van der Waals surface area contributed by atoms with Crippen LogP contribution < -0.4 is 4.72 Å². The molecule has 0 aliphatic heterocycles. The van der Waals surface area contributed by atoms with Crippen molar-refractivity contribution in [2.45, 2.75) is 13.0 Å². The van der Waals surface area contributed by atoms with Gasteiger partial charge in [-0.3, -0.25) is 4.79 Å². The first-order chi connectivity index (χ1) is 5.43. The van der Waals surface area contributed by atoms with Crippen LogP contribution in [0.25, 0.3) is 0 Å². The molecule has 3 N–H and O–H groups in total. The van der Waals surface area contributed by atoms with E-state index in [1.807, 2.05) is 4.72 Å². The van der Waals surface area contributed by atoms with Crippen molar-refractivity contribution in [1.82, 2.24) is 4.72 Å². The molecule has 0 saturated heterocycles. The van der Waals surface area contributed by atoms with E-state index in [0.717, 1.165) is 0 Å². The van der Waals surface area contributed by atoms with Crippen LogP contribution in [0.1, 0.15) is 6.92 Å². The third-order valence-electron chi connectivity index (χ3n) is 1.18. The number of aliphatic hydroxyl groups excluding tert-OH is 1. The van der Waals surface area contributed by atoms with E-state index in [4.69, 9.17) is 10.2 Å². The molecule has 0 unspecified atom stereocenters. The van der Waals surface area contributed by atoms with Gasteiger partial charge in [0.2, 0.25) is 10.0 Å². The highest BCUT2D eigenvalue weighted by atomic mass is 32.2. The lowest BCUT2D eigenvalue weighted by Crippen LogP contribution is -2.43. The van der Waals surface area contributed by atoms with Gasteiger partial charge in [-0.25, -0.2) is 8.42 Å². The highest BCUT2D eigenvalue weighted by Gasteiger charge is 2.21. The van der Waals surface area contributed by atoms with Gasteiger partial charge >= 0.3 is 5.97 Å². The minimum Gasteiger partial charge on any atom is -0.480 e. The fourth-order valence-electron chi connectivity index (χ4n) is 0.466. The Hall–Kier alpha value is -0.660. The first-order valence-electron chi connectivity index (χ1n) is 3.26. The van der Waals surface area contributed by atoms with Crippen molar-refractivity contribution in [3.63, 3.8) is 0 Å². The molecule has 0 rings (SSSR count). The minimum atomic E-state index is -3.57. The number of sulfonamides is 1. The first kappa shape index (κ1) is 11.3. The number of nitrogens with one attached hydrogen (secondary N) is 1. The largest absolute Gasteiger partial charge is 0.480 e. The van der Waals surface area contributed by atoms with Gasteiger partial charge in [-0.15, -0.1) is 0 Å². The SMILES string of the molecule is CCS(=O)(=O)N[C@@H](CO)C(=O)O. The fraction of sp³-hybridized carbons (Fsp3) is 0.800. The van der Waals surface area contributed by atoms with Crippen LogP contribution in [-0.4, -0.2) is 43.0 Å². The lowest BCUT2D eigenvalue weighted by Gasteiger charge is -2.10. The second kappa shape index (κ2) is 4.39. The van der Waals surface area contributed by atoms with E-state index in [2.05, 4.69) is 0 Å². The van der Waals surface area contributed by atoms with E-state index in [9.17, 15) is 13.2 Å². The Morgan fingerprint density at radius 1 is 1.58 bits per heavy atom. The predicted octanol–water partition coefficient (Wildman–Crippen LogP) is -1.63. The van der Waals surface area contributed by atoms with Crippen LogP contribution >= 0.6 is 0 Å². The molecule has 0 aromatic rings. The summed E-state index contributed by atoms with van der Waals surface area (Å²) in [5.74, 6) is -1.61. The van der Waals surface area contributed by atoms with Crippen LogP contribution in [0.5, 0.6) is 0 Å². The van der Waals surface area contributed by atoms with Crippen LogP contribution in [0.15, 0.2) is 0 Å². The molecule has 12 heavy (non-hydrogen) atoms. The van der Waals surface area contributed by atoms with Gasteiger partial charge < -0.3 is 10.2 Å². The number of hydrogen-bond acceptors (Lipinski definition) is 4. The van der Waals surface area contributed by atoms with Crippen LogP contribution in [0, 0.1) is 0 Å². The monoisotopic (exact) mass is 197 g/mol. The zero-order chi connectivity index (χ0) is 9.78. The number of carboxylic acid groups (broad SMARTS) is 1. The molecule has 0 heterocycles. The number of rotatable bonds is 5. The standard InChI is InChI=1S/C5H11NO5S/c1-2-12(10,11)6-4(3-7)5(8)9/h4,6-7H,2-3H2,1H3,(H,8,9)/t4-/m0/s1. The van der Waals surface area contributed by atoms with Gasteiger partial charge in [0.1, 0.15) is 6.04 Å². The Labute approximate surface area is 70.3 Å². The summed E-state index contributed by atoms with van der Waals surface area (Å²) in [6, 6.07) is -1.45. The smallest absolute Gasteiger partial charge is 0.324 e. The summed E-state index contributed by atoms with van der Waals surface area (Å²) in [7, 11) is -3.57. The Morgan fingerprint density at radius 3 is 2.33 bits per heavy atom. The van der Waals surface area contributed by atoms with Crippen LogP contribution in [0.2, 0.25) is 0 Å². The molecule has 0 aliphatic carbocycles. The van der Waals surface area contributed by atoms with Crippen molar-refractivity contribution in [3.8, 4) is 0 Å². The highest BCUT2D eigenvalue weighted by molar-refractivity contribution is 7.89. The molecule has 6 nitrogen and oxygen atoms in total. The molecule has 0 spiro atoms. The maximum atomic E-state index is 10.8. The van der Waals surface area contributed by atoms with E-state index >= 15 is 0 Å². The van der Waals surface area contributed by atoms with E-state index in [-0.39, 0.29) is 5.75 Å². The number of carboxylic acids is 1. The third kappa shape index (κ3) is 3.65. The van der Waals surface area contributed by atoms with Gasteiger partial charge in [0.15, 0.2) is 0 Å². The summed E-state index contributed by atoms with van der Waals surface area (Å²) in [5, 5.41) is 16.8. The third-order valence-corrected chi connectivity index (χ3v) is 2.59. The van der Waals surface area contributed by atoms with Gasteiger partial charge in [-0.1, -0.05) is 0 Å². The van der Waals surface area contributed by atoms with Crippen molar-refractivity contribution < 1.29 is 23.4 Å². The predicted molar refractivity (Wildman–Crippen MR) is 41.1 cm³/mol. The van der Waals surface area contributed by atoms with Gasteiger partial charge in [-0.05, 0) is 6.92 Å². The van der Waals surface area contributed by atoms with Crippen LogP contribution in [0.4, 0.5) is 0 Å². The Morgan fingerprint density at radius 2 is 2.08 bits per heavy atom. The molecule has 0 aromatic carbocycles. The van der Waals surface area contributed by atoms with Crippen LogP contribution in [-0.2, 0) is 14.8 Å². The average Bonchev–Trinajstić information content (AvgIpc) is 2.00. The molecule has 0 saturated carbocycles. The Balaban J connectivity index is 4.32. The Kier molecular flexibility index (Phi) is 4.15. The maximum Gasteiger partial charge on any atom is 0.324 e. The Bertz CT molecular complexity index is 247. The summed E-state index contributed by atoms with van der Waals surface area (Å²) in [6.45, 7) is 0.618. The quantitative estimate of drug-likeness (QED) is 0.491. The van der Waals surface area contributed by atoms with Crippen LogP contribution in [0.3, 0.4) is 0 Å². The second-order valence-corrected chi connectivity index (χ2v) is 4.14. The molecule has 0 fully saturated rings. The second-order valence-electron chi connectivity index (χ2n) is 2.09. The molecular weight excluding hydrogens is 186 g/mol. The first-order valence-corrected chi connectivity index (χ1v) is 4.92. The summed E-state index contributed by atoms with van der Waals surface area (Å²) < 4.78 is 23.4. The molecule has 0 amide bonds. The van der Waals surface area contributed by atoms with Crippen molar-refractivity contribution in [2.24, 2.45) is 0 Å². The van der Waals surface area contributed by atoms with E-state index in [1.165, 1.54) is 6.92 Å². The summed E-state index contributed by atoms with van der Waals surface area (Å²) >= 11 is 0. The highest BCUT2D eigenvalue weighted by Crippen LogP contribution is 1.89. The maximum absolute atomic E-state index is 10.8. The summed E-state index contributed by atoms with van der Waals surface area (Å²) in [6.07, 6.45) is 0. The zero-order valence-electron chi connectivity index (χ0n) is 6.52. The number of aliphatic carboxylic acids is 1. The van der Waals surface area contributed by atoms with Crippen molar-refractivity contribution in [3.05, 3.63) is 0 Å². The molecule has 0 aliphatic rings. The van der Waals surface area contributed by atoms with Gasteiger partial charge in [0.05, 0.1) is 12.4 Å². The minimum absolute atomic E-state index is 0.212. The lowest BCUT2D eigenvalue weighted by molar-refractivity contribution is -0.139. The summed E-state index contributed by atoms with van der Waals surface area (Å²) in [4.78, 5) is 10.2. The molecule has 72 valence electrons. The van der Waals surface area contributed by atoms with Crippen molar-refractivity contribution in [1.29, 1.82) is 0 Å². The molecule has 0 bridgehead atoms. The fourth-order valence-corrected chi connectivity index (χ4v) is 1.24. The van der Waals surface area contributed by atoms with E-state index in [1.54, 1.807) is 0 Å². The molecule has 7 heteroatoms. The van der Waals surface area contributed by atoms with E-state index < -0.39 is 28.6 Å².